The van der Waals surface area contributed by atoms with E-state index in [0.29, 0.717) is 28.0 Å². The lowest BCUT2D eigenvalue weighted by molar-refractivity contribution is 0.0698. The molecular formula is C29H28BrN5O3. The van der Waals surface area contributed by atoms with E-state index in [9.17, 15) is 14.7 Å². The van der Waals surface area contributed by atoms with Crippen molar-refractivity contribution in [2.24, 2.45) is 0 Å². The van der Waals surface area contributed by atoms with E-state index in [1.807, 2.05) is 42.5 Å². The summed E-state index contributed by atoms with van der Waals surface area (Å²) < 4.78 is 0.913. The minimum Gasteiger partial charge on any atom is -0.478 e. The average Bonchev–Trinajstić information content (AvgIpc) is 3.45. The van der Waals surface area contributed by atoms with Crippen LogP contribution in [0.4, 0.5) is 11.5 Å². The fraction of sp³-hybridized carbons (Fsp3) is 0.241. The molecule has 0 aliphatic carbocycles. The molecule has 3 N–H and O–H groups in total. The van der Waals surface area contributed by atoms with Gasteiger partial charge in [0.05, 0.1) is 17.1 Å². The summed E-state index contributed by atoms with van der Waals surface area (Å²) in [6.07, 6.45) is 4.63. The number of nitrogens with one attached hydrogen (secondary N) is 2. The Bertz CT molecular complexity index is 1450. The van der Waals surface area contributed by atoms with Gasteiger partial charge in [0.2, 0.25) is 0 Å². The van der Waals surface area contributed by atoms with E-state index >= 15 is 0 Å². The van der Waals surface area contributed by atoms with Gasteiger partial charge in [-0.05, 0) is 86.4 Å². The van der Waals surface area contributed by atoms with E-state index in [-0.39, 0.29) is 17.5 Å². The zero-order valence-corrected chi connectivity index (χ0v) is 22.3. The maximum absolute atomic E-state index is 12.8. The molecule has 0 saturated carbocycles. The van der Waals surface area contributed by atoms with Crippen molar-refractivity contribution in [2.75, 3.05) is 30.3 Å². The smallest absolute Gasteiger partial charge is 0.337 e. The van der Waals surface area contributed by atoms with Crippen molar-refractivity contribution < 1.29 is 14.7 Å². The molecule has 1 aliphatic rings. The van der Waals surface area contributed by atoms with E-state index in [2.05, 4.69) is 41.4 Å². The molecule has 9 heteroatoms. The van der Waals surface area contributed by atoms with Gasteiger partial charge >= 0.3 is 5.97 Å². The first-order valence-corrected chi connectivity index (χ1v) is 13.4. The van der Waals surface area contributed by atoms with Gasteiger partial charge in [-0.1, -0.05) is 34.1 Å². The van der Waals surface area contributed by atoms with E-state index < -0.39 is 5.97 Å². The molecule has 1 aliphatic heterocycles. The molecule has 1 fully saturated rings. The zero-order chi connectivity index (χ0) is 26.5. The zero-order valence-electron chi connectivity index (χ0n) is 20.7. The lowest BCUT2D eigenvalue weighted by Gasteiger charge is -2.24. The Labute approximate surface area is 229 Å². The van der Waals surface area contributed by atoms with Crippen molar-refractivity contribution in [3.8, 4) is 0 Å². The van der Waals surface area contributed by atoms with Crippen LogP contribution in [0.1, 0.15) is 51.6 Å². The number of para-hydroxylation sites is 1. The van der Waals surface area contributed by atoms with Gasteiger partial charge in [-0.2, -0.15) is 0 Å². The van der Waals surface area contributed by atoms with Crippen LogP contribution >= 0.6 is 15.9 Å². The van der Waals surface area contributed by atoms with E-state index in [1.165, 1.54) is 19.2 Å². The van der Waals surface area contributed by atoms with Crippen molar-refractivity contribution in [3.63, 3.8) is 0 Å². The first kappa shape index (κ1) is 25.8. The van der Waals surface area contributed by atoms with E-state index in [1.54, 1.807) is 24.3 Å². The number of hydrogen-bond acceptors (Lipinski definition) is 6. The number of anilines is 2. The molecule has 5 rings (SSSR count). The average molecular weight is 574 g/mol. The molecule has 0 spiro atoms. The minimum absolute atomic E-state index is 0.119. The van der Waals surface area contributed by atoms with Crippen LogP contribution in [0, 0.1) is 0 Å². The number of hydrogen-bond donors (Lipinski definition) is 3. The Balaban J connectivity index is 1.43. The van der Waals surface area contributed by atoms with Crippen LogP contribution in [0.25, 0.3) is 10.9 Å². The number of carboxylic acids is 1. The summed E-state index contributed by atoms with van der Waals surface area (Å²) in [6, 6.07) is 20.0. The molecule has 3 aromatic carbocycles. The van der Waals surface area contributed by atoms with Gasteiger partial charge in [0.15, 0.2) is 0 Å². The summed E-state index contributed by atoms with van der Waals surface area (Å²) in [5, 5.41) is 16.8. The van der Waals surface area contributed by atoms with Crippen molar-refractivity contribution in [1.82, 2.24) is 14.9 Å². The summed E-state index contributed by atoms with van der Waals surface area (Å²) in [5.74, 6) is -0.631. The summed E-state index contributed by atoms with van der Waals surface area (Å²) >= 11 is 3.40. The van der Waals surface area contributed by atoms with Crippen LogP contribution < -0.4 is 10.6 Å². The second kappa shape index (κ2) is 11.7. The fourth-order valence-electron chi connectivity index (χ4n) is 4.82. The van der Waals surface area contributed by atoms with Crippen molar-refractivity contribution in [3.05, 3.63) is 94.2 Å². The SMILES string of the molecule is O=C(Nc1cccc(C(CCN2CCCC2)Nc2ncnc3c(C(=O)O)cccc23)c1)c1ccc(Br)cc1. The highest BCUT2D eigenvalue weighted by molar-refractivity contribution is 9.10. The fourth-order valence-corrected chi connectivity index (χ4v) is 5.08. The molecule has 1 aromatic heterocycles. The molecule has 1 unspecified atom stereocenters. The van der Waals surface area contributed by atoms with Crippen LogP contribution in [0.3, 0.4) is 0 Å². The predicted molar refractivity (Wildman–Crippen MR) is 152 cm³/mol. The topological polar surface area (TPSA) is 107 Å². The van der Waals surface area contributed by atoms with Crippen molar-refractivity contribution in [2.45, 2.75) is 25.3 Å². The Kier molecular flexibility index (Phi) is 7.95. The molecule has 38 heavy (non-hydrogen) atoms. The van der Waals surface area contributed by atoms with Gasteiger partial charge in [0, 0.05) is 27.7 Å². The third-order valence-corrected chi connectivity index (χ3v) is 7.32. The van der Waals surface area contributed by atoms with Gasteiger partial charge in [-0.25, -0.2) is 14.8 Å². The highest BCUT2D eigenvalue weighted by atomic mass is 79.9. The molecule has 2 heterocycles. The second-order valence-electron chi connectivity index (χ2n) is 9.35. The van der Waals surface area contributed by atoms with Gasteiger partial charge in [-0.3, -0.25) is 4.79 Å². The van der Waals surface area contributed by atoms with Crippen molar-refractivity contribution >= 4 is 50.2 Å². The molecule has 1 saturated heterocycles. The third-order valence-electron chi connectivity index (χ3n) is 6.79. The highest BCUT2D eigenvalue weighted by Gasteiger charge is 2.20. The number of aromatic carboxylic acids is 1. The molecule has 4 aromatic rings. The molecular weight excluding hydrogens is 546 g/mol. The van der Waals surface area contributed by atoms with Crippen LogP contribution in [-0.4, -0.2) is 51.5 Å². The Morgan fingerprint density at radius 1 is 1.00 bits per heavy atom. The number of likely N-dealkylation sites (tertiary alicyclic amines) is 1. The standard InChI is InChI=1S/C29H28BrN5O3/c30-21-11-9-19(10-12-21)28(36)33-22-6-3-5-20(17-22)25(13-16-35-14-1-2-15-35)34-27-23-7-4-8-24(29(37)38)26(23)31-18-32-27/h3-12,17-18,25H,1-2,13-16H2,(H,33,36)(H,37,38)(H,31,32,34). The highest BCUT2D eigenvalue weighted by Crippen LogP contribution is 2.29. The Morgan fingerprint density at radius 2 is 1.76 bits per heavy atom. The number of rotatable bonds is 9. The van der Waals surface area contributed by atoms with E-state index in [4.69, 9.17) is 0 Å². The molecule has 0 radical (unpaired) electrons. The van der Waals surface area contributed by atoms with E-state index in [0.717, 1.165) is 36.1 Å². The Morgan fingerprint density at radius 3 is 2.53 bits per heavy atom. The van der Waals surface area contributed by atoms with Crippen LogP contribution in [-0.2, 0) is 0 Å². The van der Waals surface area contributed by atoms with Crippen LogP contribution in [0.2, 0.25) is 0 Å². The summed E-state index contributed by atoms with van der Waals surface area (Å²) in [4.78, 5) is 35.7. The number of carbonyl (C=O) groups excluding carboxylic acids is 1. The minimum atomic E-state index is -1.03. The molecule has 194 valence electrons. The lowest BCUT2D eigenvalue weighted by atomic mass is 10.0. The van der Waals surface area contributed by atoms with Gasteiger partial charge < -0.3 is 20.6 Å². The number of amides is 1. The first-order chi connectivity index (χ1) is 18.5. The third kappa shape index (κ3) is 6.00. The summed E-state index contributed by atoms with van der Waals surface area (Å²) in [7, 11) is 0. The van der Waals surface area contributed by atoms with Gasteiger partial charge in [0.25, 0.3) is 5.91 Å². The molecule has 0 bridgehead atoms. The lowest BCUT2D eigenvalue weighted by Crippen LogP contribution is -2.24. The number of nitrogens with zero attached hydrogens (tertiary/aromatic N) is 3. The first-order valence-electron chi connectivity index (χ1n) is 12.6. The second-order valence-corrected chi connectivity index (χ2v) is 10.3. The van der Waals surface area contributed by atoms with Gasteiger partial charge in [0.1, 0.15) is 12.1 Å². The summed E-state index contributed by atoms with van der Waals surface area (Å²) in [5.41, 5.74) is 2.80. The maximum atomic E-state index is 12.8. The molecule has 1 atom stereocenters. The number of carbonyl (C=O) groups is 2. The monoisotopic (exact) mass is 573 g/mol. The number of aromatic nitrogens is 2. The number of benzene rings is 3. The quantitative estimate of drug-likeness (QED) is 0.226. The van der Waals surface area contributed by atoms with Gasteiger partial charge in [-0.15, -0.1) is 0 Å². The summed E-state index contributed by atoms with van der Waals surface area (Å²) in [6.45, 7) is 3.10. The van der Waals surface area contributed by atoms with Crippen LogP contribution in [0.5, 0.6) is 0 Å². The largest absolute Gasteiger partial charge is 0.478 e. The van der Waals surface area contributed by atoms with Crippen LogP contribution in [0.15, 0.2) is 77.5 Å². The Hall–Kier alpha value is -3.82. The van der Waals surface area contributed by atoms with Crippen molar-refractivity contribution in [1.29, 1.82) is 0 Å². The number of carboxylic acid groups (broad SMARTS) is 1. The number of fused-ring (bicyclic) bond motifs is 1. The number of halogens is 1. The maximum Gasteiger partial charge on any atom is 0.337 e. The normalized spacial score (nSPS) is 14.3. The predicted octanol–water partition coefficient (Wildman–Crippen LogP) is 5.98. The molecule has 8 nitrogen and oxygen atoms in total. The molecule has 1 amide bonds.